The van der Waals surface area contributed by atoms with Crippen molar-refractivity contribution in [2.24, 2.45) is 5.92 Å². The Kier molecular flexibility index (Phi) is 10.2. The quantitative estimate of drug-likeness (QED) is 0.290. The van der Waals surface area contributed by atoms with Gasteiger partial charge in [0.25, 0.3) is 0 Å². The third-order valence-electron chi connectivity index (χ3n) is 6.04. The Hall–Kier alpha value is -1.80. The summed E-state index contributed by atoms with van der Waals surface area (Å²) in [7, 11) is -3.17. The molecule has 2 unspecified atom stereocenters. The van der Waals surface area contributed by atoms with Crippen molar-refractivity contribution in [2.45, 2.75) is 78.1 Å². The second-order valence-electron chi connectivity index (χ2n) is 9.49. The van der Waals surface area contributed by atoms with Crippen molar-refractivity contribution >= 4 is 14.8 Å². The summed E-state index contributed by atoms with van der Waals surface area (Å²) in [6, 6.07) is 12.0. The van der Waals surface area contributed by atoms with E-state index in [1.165, 1.54) is 0 Å². The second-order valence-corrected chi connectivity index (χ2v) is 12.1. The van der Waals surface area contributed by atoms with Crippen LogP contribution in [0.3, 0.4) is 0 Å². The maximum atomic E-state index is 12.9. The molecular formula is C25H40N2O6Si. The molecule has 190 valence electrons. The summed E-state index contributed by atoms with van der Waals surface area (Å²) in [5.74, 6) is -0.641. The maximum absolute atomic E-state index is 12.9. The summed E-state index contributed by atoms with van der Waals surface area (Å²) in [4.78, 5) is 19.4. The van der Waals surface area contributed by atoms with Crippen molar-refractivity contribution in [3.63, 3.8) is 0 Å². The van der Waals surface area contributed by atoms with Gasteiger partial charge in [0, 0.05) is 25.4 Å². The van der Waals surface area contributed by atoms with Gasteiger partial charge < -0.3 is 18.0 Å². The van der Waals surface area contributed by atoms with Crippen LogP contribution in [0.1, 0.15) is 66.6 Å². The van der Waals surface area contributed by atoms with Gasteiger partial charge in [-0.2, -0.15) is 10.3 Å². The normalized spacial score (nSPS) is 20.6. The van der Waals surface area contributed by atoms with Crippen molar-refractivity contribution in [2.75, 3.05) is 26.4 Å². The average Bonchev–Trinajstić information content (AvgIpc) is 2.95. The molecule has 0 amide bonds. The Morgan fingerprint density at radius 2 is 1.65 bits per heavy atom. The number of nitriles is 1. The number of nitrogens with zero attached hydrogens (tertiary/aromatic N) is 2. The number of benzene rings is 1. The fourth-order valence-electron chi connectivity index (χ4n) is 4.55. The second kappa shape index (κ2) is 12.2. The topological polar surface area (TPSA) is 90.3 Å². The molecule has 0 aromatic heterocycles. The van der Waals surface area contributed by atoms with E-state index in [1.807, 2.05) is 70.0 Å². The van der Waals surface area contributed by atoms with Crippen LogP contribution in [0.5, 0.6) is 0 Å². The van der Waals surface area contributed by atoms with E-state index < -0.39 is 26.4 Å². The van der Waals surface area contributed by atoms with Gasteiger partial charge in [-0.15, -0.1) is 0 Å². The molecule has 0 radical (unpaired) electrons. The van der Waals surface area contributed by atoms with Crippen LogP contribution >= 0.6 is 0 Å². The van der Waals surface area contributed by atoms with Crippen molar-refractivity contribution in [1.82, 2.24) is 5.06 Å². The highest BCUT2D eigenvalue weighted by Gasteiger charge is 2.54. The summed E-state index contributed by atoms with van der Waals surface area (Å²) in [6.45, 7) is 14.8. The molecule has 2 atom stereocenters. The molecule has 9 heteroatoms. The van der Waals surface area contributed by atoms with Crippen LogP contribution in [0.2, 0.25) is 6.04 Å². The number of carbonyl (C=O) groups is 1. The lowest BCUT2D eigenvalue weighted by molar-refractivity contribution is -0.280. The summed E-state index contributed by atoms with van der Waals surface area (Å²) in [6.07, 6.45) is 0.145. The molecular weight excluding hydrogens is 452 g/mol. The Morgan fingerprint density at radius 3 is 2.12 bits per heavy atom. The molecule has 0 bridgehead atoms. The van der Waals surface area contributed by atoms with Crippen molar-refractivity contribution < 1.29 is 27.6 Å². The fraction of sp³-hybridized carbons (Fsp3) is 0.680. The van der Waals surface area contributed by atoms with Crippen LogP contribution < -0.4 is 0 Å². The summed E-state index contributed by atoms with van der Waals surface area (Å²) in [5.41, 5.74) is 0.0169. The standard InChI is InChI=1S/C25H40N2O6Si/c1-8-30-34(31-9-2,32-10-3)19-23(28)29-18-22(20-14-12-11-13-15-20)33-27-24(4,5)16-21(17-26)25(27,6)7/h11-15,21-22H,8-10,16,18-19H2,1-7H3. The van der Waals surface area contributed by atoms with Gasteiger partial charge in [0.05, 0.1) is 17.5 Å². The van der Waals surface area contributed by atoms with E-state index in [4.69, 9.17) is 22.9 Å². The van der Waals surface area contributed by atoms with Gasteiger partial charge in [0.1, 0.15) is 18.8 Å². The molecule has 1 aliphatic heterocycles. The van der Waals surface area contributed by atoms with E-state index >= 15 is 0 Å². The Morgan fingerprint density at radius 1 is 1.09 bits per heavy atom. The first kappa shape index (κ1) is 28.4. The first-order valence-corrected chi connectivity index (χ1v) is 14.0. The summed E-state index contributed by atoms with van der Waals surface area (Å²) >= 11 is 0. The molecule has 1 fully saturated rings. The van der Waals surface area contributed by atoms with E-state index in [0.29, 0.717) is 26.2 Å². The molecule has 34 heavy (non-hydrogen) atoms. The molecule has 8 nitrogen and oxygen atoms in total. The van der Waals surface area contributed by atoms with Crippen molar-refractivity contribution in [3.8, 4) is 6.07 Å². The van der Waals surface area contributed by atoms with E-state index in [2.05, 4.69) is 19.9 Å². The number of ether oxygens (including phenoxy) is 1. The fourth-order valence-corrected chi connectivity index (χ4v) is 6.88. The monoisotopic (exact) mass is 492 g/mol. The lowest BCUT2D eigenvalue weighted by Crippen LogP contribution is -2.50. The minimum atomic E-state index is -3.17. The van der Waals surface area contributed by atoms with Crippen molar-refractivity contribution in [1.29, 1.82) is 5.26 Å². The zero-order valence-electron chi connectivity index (χ0n) is 21.6. The number of rotatable bonds is 13. The number of esters is 1. The van der Waals surface area contributed by atoms with E-state index in [1.54, 1.807) is 0 Å². The number of carbonyl (C=O) groups excluding carboxylic acids is 1. The number of hydrogen-bond acceptors (Lipinski definition) is 8. The van der Waals surface area contributed by atoms with Gasteiger partial charge in [-0.25, -0.2) is 0 Å². The van der Waals surface area contributed by atoms with Crippen LogP contribution in [-0.4, -0.2) is 57.3 Å². The molecule has 1 aliphatic rings. The van der Waals surface area contributed by atoms with Crippen molar-refractivity contribution in [3.05, 3.63) is 35.9 Å². The predicted octanol–water partition coefficient (Wildman–Crippen LogP) is 4.65. The van der Waals surface area contributed by atoms with Gasteiger partial charge in [-0.05, 0) is 60.5 Å². The minimum absolute atomic E-state index is 0.0115. The maximum Gasteiger partial charge on any atom is 0.512 e. The lowest BCUT2D eigenvalue weighted by atomic mass is 9.88. The Bertz CT molecular complexity index is 809. The van der Waals surface area contributed by atoms with Gasteiger partial charge >= 0.3 is 14.8 Å². The zero-order valence-corrected chi connectivity index (χ0v) is 22.6. The Labute approximate surface area is 205 Å². The molecule has 1 aromatic carbocycles. The zero-order chi connectivity index (χ0) is 25.4. The van der Waals surface area contributed by atoms with Crippen LogP contribution in [0, 0.1) is 17.2 Å². The van der Waals surface area contributed by atoms with E-state index in [-0.39, 0.29) is 24.1 Å². The van der Waals surface area contributed by atoms with Gasteiger partial charge in [0.15, 0.2) is 0 Å². The largest absolute Gasteiger partial charge is 0.512 e. The van der Waals surface area contributed by atoms with Crippen LogP contribution in [0.15, 0.2) is 30.3 Å². The molecule has 1 heterocycles. The molecule has 0 saturated carbocycles. The molecule has 2 rings (SSSR count). The van der Waals surface area contributed by atoms with Crippen LogP contribution in [0.4, 0.5) is 0 Å². The number of hydrogen-bond donors (Lipinski definition) is 0. The van der Waals surface area contributed by atoms with Gasteiger partial charge in [-0.3, -0.25) is 9.63 Å². The summed E-state index contributed by atoms with van der Waals surface area (Å²) < 4.78 is 23.0. The van der Waals surface area contributed by atoms with E-state index in [0.717, 1.165) is 5.56 Å². The molecule has 0 N–H and O–H groups in total. The average molecular weight is 493 g/mol. The first-order valence-electron chi connectivity index (χ1n) is 12.0. The smallest absolute Gasteiger partial charge is 0.462 e. The van der Waals surface area contributed by atoms with E-state index in [9.17, 15) is 10.1 Å². The summed E-state index contributed by atoms with van der Waals surface area (Å²) in [5, 5.41) is 11.6. The third-order valence-corrected chi connectivity index (χ3v) is 8.95. The van der Waals surface area contributed by atoms with Gasteiger partial charge in [0.2, 0.25) is 0 Å². The molecule has 0 aliphatic carbocycles. The highest BCUT2D eigenvalue weighted by molar-refractivity contribution is 6.64. The van der Waals surface area contributed by atoms with Gasteiger partial charge in [-0.1, -0.05) is 30.3 Å². The van der Waals surface area contributed by atoms with Crippen LogP contribution in [-0.2, 0) is 27.6 Å². The SMILES string of the molecule is CCO[Si](CC(=O)OCC(ON1C(C)(C)CC(C#N)C1(C)C)c1ccccc1)(OCC)OCC. The minimum Gasteiger partial charge on any atom is -0.462 e. The number of hydroxylamine groups is 2. The molecule has 0 spiro atoms. The third kappa shape index (κ3) is 6.87. The highest BCUT2D eigenvalue weighted by Crippen LogP contribution is 2.46. The van der Waals surface area contributed by atoms with Crippen LogP contribution in [0.25, 0.3) is 0 Å². The molecule has 1 aromatic rings. The predicted molar refractivity (Wildman–Crippen MR) is 130 cm³/mol. The molecule has 1 saturated heterocycles. The Balaban J connectivity index is 2.20. The first-order chi connectivity index (χ1) is 16.0. The lowest BCUT2D eigenvalue weighted by Gasteiger charge is -2.41. The highest BCUT2D eigenvalue weighted by atomic mass is 28.4.